The summed E-state index contributed by atoms with van der Waals surface area (Å²) in [6, 6.07) is 16.2. The van der Waals surface area contributed by atoms with E-state index in [9.17, 15) is 13.2 Å². The van der Waals surface area contributed by atoms with Gasteiger partial charge in [-0.1, -0.05) is 11.6 Å². The highest BCUT2D eigenvalue weighted by Crippen LogP contribution is 2.31. The van der Waals surface area contributed by atoms with Gasteiger partial charge in [0.1, 0.15) is 0 Å². The van der Waals surface area contributed by atoms with E-state index < -0.39 is 10.0 Å². The normalized spacial score (nSPS) is 15.4. The molecule has 0 radical (unpaired) electrons. The number of anilines is 2. The number of hydrogen-bond donors (Lipinski definition) is 1. The number of halogens is 1. The molecule has 0 saturated carbocycles. The minimum atomic E-state index is -3.31. The minimum absolute atomic E-state index is 0.129. The van der Waals surface area contributed by atoms with Crippen molar-refractivity contribution < 1.29 is 13.2 Å². The molecule has 1 fully saturated rings. The predicted octanol–water partition coefficient (Wildman–Crippen LogP) is 4.54. The van der Waals surface area contributed by atoms with Crippen molar-refractivity contribution in [3.05, 3.63) is 76.6 Å². The van der Waals surface area contributed by atoms with Crippen LogP contribution in [0.4, 0.5) is 11.4 Å². The molecule has 2 aromatic carbocycles. The lowest BCUT2D eigenvalue weighted by Crippen LogP contribution is -2.25. The Morgan fingerprint density at radius 1 is 0.967 bits per heavy atom. The first-order valence-electron chi connectivity index (χ1n) is 9.63. The Morgan fingerprint density at radius 2 is 1.60 bits per heavy atom. The van der Waals surface area contributed by atoms with Crippen LogP contribution in [0.2, 0.25) is 5.02 Å². The lowest BCUT2D eigenvalue weighted by Gasteiger charge is -2.18. The number of rotatable bonds is 4. The quantitative estimate of drug-likeness (QED) is 0.643. The van der Waals surface area contributed by atoms with Crippen molar-refractivity contribution in [3.8, 4) is 5.69 Å². The van der Waals surface area contributed by atoms with E-state index in [1.54, 1.807) is 30.3 Å². The van der Waals surface area contributed by atoms with Crippen molar-refractivity contribution in [2.45, 2.75) is 20.3 Å². The first-order valence-corrected chi connectivity index (χ1v) is 11.6. The van der Waals surface area contributed by atoms with Crippen molar-refractivity contribution in [1.82, 2.24) is 4.57 Å². The van der Waals surface area contributed by atoms with Crippen molar-refractivity contribution in [1.29, 1.82) is 0 Å². The van der Waals surface area contributed by atoms with Crippen LogP contribution >= 0.6 is 11.6 Å². The number of amides is 1. The van der Waals surface area contributed by atoms with Gasteiger partial charge in [0.05, 0.1) is 22.2 Å². The summed E-state index contributed by atoms with van der Waals surface area (Å²) >= 11 is 6.25. The summed E-state index contributed by atoms with van der Waals surface area (Å²) in [4.78, 5) is 12.7. The van der Waals surface area contributed by atoms with E-state index in [0.29, 0.717) is 34.9 Å². The summed E-state index contributed by atoms with van der Waals surface area (Å²) in [5, 5.41) is 3.14. The Bertz CT molecular complexity index is 1200. The van der Waals surface area contributed by atoms with E-state index in [1.807, 2.05) is 38.1 Å². The SMILES string of the molecule is Cc1ccc(C)n1-c1ccc(C(=O)Nc2cc(N3CCCS3(=O)=O)ccc2Cl)cc1. The van der Waals surface area contributed by atoms with E-state index in [1.165, 1.54) is 4.31 Å². The molecule has 3 aromatic rings. The van der Waals surface area contributed by atoms with Crippen LogP contribution in [0, 0.1) is 13.8 Å². The first-order chi connectivity index (χ1) is 14.3. The number of hydrogen-bond acceptors (Lipinski definition) is 3. The van der Waals surface area contributed by atoms with Crippen LogP contribution in [0.3, 0.4) is 0 Å². The highest BCUT2D eigenvalue weighted by Gasteiger charge is 2.28. The maximum absolute atomic E-state index is 12.7. The van der Waals surface area contributed by atoms with E-state index in [-0.39, 0.29) is 11.7 Å². The van der Waals surface area contributed by atoms with E-state index >= 15 is 0 Å². The van der Waals surface area contributed by atoms with Crippen LogP contribution in [-0.4, -0.2) is 31.2 Å². The number of carbonyl (C=O) groups is 1. The molecule has 0 bridgehead atoms. The van der Waals surface area contributed by atoms with Crippen molar-refractivity contribution >= 4 is 38.9 Å². The van der Waals surface area contributed by atoms with Crippen LogP contribution in [-0.2, 0) is 10.0 Å². The lowest BCUT2D eigenvalue weighted by atomic mass is 10.1. The summed E-state index contributed by atoms with van der Waals surface area (Å²) in [5.41, 5.74) is 4.57. The Balaban J connectivity index is 1.56. The summed E-state index contributed by atoms with van der Waals surface area (Å²) < 4.78 is 27.8. The van der Waals surface area contributed by atoms with Gasteiger partial charge in [-0.15, -0.1) is 0 Å². The summed E-state index contributed by atoms with van der Waals surface area (Å²) in [5.74, 6) is -0.185. The maximum Gasteiger partial charge on any atom is 0.255 e. The number of nitrogens with zero attached hydrogens (tertiary/aromatic N) is 2. The molecule has 8 heteroatoms. The molecule has 1 N–H and O–H groups in total. The van der Waals surface area contributed by atoms with Gasteiger partial charge in [-0.3, -0.25) is 9.10 Å². The Hall–Kier alpha value is -2.77. The van der Waals surface area contributed by atoms with Crippen molar-refractivity contribution in [2.75, 3.05) is 21.9 Å². The third-order valence-electron chi connectivity index (χ3n) is 5.24. The molecule has 1 saturated heterocycles. The zero-order chi connectivity index (χ0) is 21.5. The van der Waals surface area contributed by atoms with Gasteiger partial charge < -0.3 is 9.88 Å². The number of aryl methyl sites for hydroxylation is 2. The zero-order valence-corrected chi connectivity index (χ0v) is 18.3. The van der Waals surface area contributed by atoms with Gasteiger partial charge >= 0.3 is 0 Å². The Kier molecular flexibility index (Phi) is 5.34. The van der Waals surface area contributed by atoms with Crippen LogP contribution in [0.5, 0.6) is 0 Å². The molecule has 0 spiro atoms. The molecule has 1 aliphatic rings. The Morgan fingerprint density at radius 3 is 2.20 bits per heavy atom. The molecule has 0 atom stereocenters. The third-order valence-corrected chi connectivity index (χ3v) is 7.44. The van der Waals surface area contributed by atoms with E-state index in [4.69, 9.17) is 11.6 Å². The van der Waals surface area contributed by atoms with E-state index in [2.05, 4.69) is 9.88 Å². The van der Waals surface area contributed by atoms with Crippen LogP contribution in [0.1, 0.15) is 28.2 Å². The largest absolute Gasteiger partial charge is 0.321 e. The van der Waals surface area contributed by atoms with Crippen molar-refractivity contribution in [2.24, 2.45) is 0 Å². The molecule has 1 aliphatic heterocycles. The number of benzene rings is 2. The second kappa shape index (κ2) is 7.81. The number of carbonyl (C=O) groups excluding carboxylic acids is 1. The average molecular weight is 444 g/mol. The molecule has 6 nitrogen and oxygen atoms in total. The number of aromatic nitrogens is 1. The summed E-state index contributed by atoms with van der Waals surface area (Å²) in [6.07, 6.45) is 0.583. The lowest BCUT2D eigenvalue weighted by molar-refractivity contribution is 0.102. The molecule has 156 valence electrons. The molecular weight excluding hydrogens is 422 g/mol. The molecule has 1 amide bonds. The third kappa shape index (κ3) is 3.82. The van der Waals surface area contributed by atoms with Gasteiger partial charge in [0, 0.05) is 29.2 Å². The smallest absolute Gasteiger partial charge is 0.255 e. The minimum Gasteiger partial charge on any atom is -0.321 e. The monoisotopic (exact) mass is 443 g/mol. The van der Waals surface area contributed by atoms with Gasteiger partial charge in [-0.05, 0) is 74.9 Å². The second-order valence-electron chi connectivity index (χ2n) is 7.36. The fourth-order valence-corrected chi connectivity index (χ4v) is 5.45. The van der Waals surface area contributed by atoms with Gasteiger partial charge in [-0.25, -0.2) is 8.42 Å². The number of nitrogens with one attached hydrogen (secondary N) is 1. The molecule has 4 rings (SSSR count). The second-order valence-corrected chi connectivity index (χ2v) is 9.78. The highest BCUT2D eigenvalue weighted by atomic mass is 35.5. The fourth-order valence-electron chi connectivity index (χ4n) is 3.73. The average Bonchev–Trinajstić information content (AvgIpc) is 3.24. The predicted molar refractivity (Wildman–Crippen MR) is 120 cm³/mol. The van der Waals surface area contributed by atoms with Crippen LogP contribution in [0.25, 0.3) is 5.69 Å². The van der Waals surface area contributed by atoms with E-state index in [0.717, 1.165) is 17.1 Å². The molecule has 30 heavy (non-hydrogen) atoms. The first kappa shape index (κ1) is 20.5. The Labute approximate surface area is 181 Å². The van der Waals surface area contributed by atoms with Gasteiger partial charge in [0.25, 0.3) is 5.91 Å². The summed E-state index contributed by atoms with van der Waals surface area (Å²) in [7, 11) is -3.31. The summed E-state index contributed by atoms with van der Waals surface area (Å²) in [6.45, 7) is 4.49. The zero-order valence-electron chi connectivity index (χ0n) is 16.7. The number of sulfonamides is 1. The van der Waals surface area contributed by atoms with Gasteiger partial charge in [0.2, 0.25) is 10.0 Å². The molecule has 0 unspecified atom stereocenters. The highest BCUT2D eigenvalue weighted by molar-refractivity contribution is 7.93. The van der Waals surface area contributed by atoms with Crippen LogP contribution in [0.15, 0.2) is 54.6 Å². The van der Waals surface area contributed by atoms with Crippen LogP contribution < -0.4 is 9.62 Å². The van der Waals surface area contributed by atoms with Crippen molar-refractivity contribution in [3.63, 3.8) is 0 Å². The fraction of sp³-hybridized carbons (Fsp3) is 0.227. The maximum atomic E-state index is 12.7. The molecule has 1 aromatic heterocycles. The standard InChI is InChI=1S/C22H22ClN3O3S/c1-15-4-5-16(2)26(15)18-8-6-17(7-9-18)22(27)24-21-14-19(10-11-20(21)23)25-12-3-13-30(25,28)29/h4-11,14H,3,12-13H2,1-2H3,(H,24,27). The van der Waals surface area contributed by atoms with Gasteiger partial charge in [-0.2, -0.15) is 0 Å². The topological polar surface area (TPSA) is 71.4 Å². The molecular formula is C22H22ClN3O3S. The van der Waals surface area contributed by atoms with Gasteiger partial charge in [0.15, 0.2) is 0 Å². The molecule has 2 heterocycles. The molecule has 0 aliphatic carbocycles.